The van der Waals surface area contributed by atoms with Gasteiger partial charge in [0.15, 0.2) is 11.6 Å². The first-order valence-electron chi connectivity index (χ1n) is 10.4. The molecule has 0 unspecified atom stereocenters. The van der Waals surface area contributed by atoms with Gasteiger partial charge in [-0.15, -0.1) is 0 Å². The number of hydrogen-bond acceptors (Lipinski definition) is 5. The maximum atomic E-state index is 14.0. The SMILES string of the molecule is CC[C@H](C)N(Cc1ccccc1OS(=O)(=O)c1ccc(OC)c(F)c1)C(=O)C1CCC1. The van der Waals surface area contributed by atoms with Gasteiger partial charge in [-0.25, -0.2) is 4.39 Å². The van der Waals surface area contributed by atoms with Crippen LogP contribution in [-0.4, -0.2) is 32.4 Å². The Labute approximate surface area is 183 Å². The Bertz CT molecular complexity index is 1040. The zero-order chi connectivity index (χ0) is 22.6. The molecule has 31 heavy (non-hydrogen) atoms. The highest BCUT2D eigenvalue weighted by atomic mass is 32.2. The minimum absolute atomic E-state index is 0.00782. The Hall–Kier alpha value is -2.61. The van der Waals surface area contributed by atoms with Gasteiger partial charge in [-0.1, -0.05) is 31.5 Å². The summed E-state index contributed by atoms with van der Waals surface area (Å²) in [6.45, 7) is 4.24. The zero-order valence-corrected chi connectivity index (χ0v) is 18.8. The topological polar surface area (TPSA) is 72.9 Å². The van der Waals surface area contributed by atoms with Gasteiger partial charge in [-0.2, -0.15) is 8.42 Å². The molecule has 0 spiro atoms. The number of halogens is 1. The van der Waals surface area contributed by atoms with Crippen molar-refractivity contribution in [3.8, 4) is 11.5 Å². The molecular weight excluding hydrogens is 421 g/mol. The molecule has 1 fully saturated rings. The first kappa shape index (κ1) is 23.1. The molecule has 8 heteroatoms. The van der Waals surface area contributed by atoms with Crippen LogP contribution in [0.5, 0.6) is 11.5 Å². The monoisotopic (exact) mass is 449 g/mol. The molecule has 0 heterocycles. The van der Waals surface area contributed by atoms with Gasteiger partial charge < -0.3 is 13.8 Å². The lowest BCUT2D eigenvalue weighted by Gasteiger charge is -2.35. The van der Waals surface area contributed by atoms with Crippen molar-refractivity contribution < 1.29 is 26.5 Å². The van der Waals surface area contributed by atoms with Gasteiger partial charge in [0, 0.05) is 24.1 Å². The van der Waals surface area contributed by atoms with E-state index in [9.17, 15) is 17.6 Å². The minimum atomic E-state index is -4.27. The molecule has 0 bridgehead atoms. The summed E-state index contributed by atoms with van der Waals surface area (Å²) < 4.78 is 49.8. The first-order valence-corrected chi connectivity index (χ1v) is 11.8. The van der Waals surface area contributed by atoms with E-state index in [-0.39, 0.29) is 40.8 Å². The predicted molar refractivity (Wildman–Crippen MR) is 115 cm³/mol. The fourth-order valence-corrected chi connectivity index (χ4v) is 4.41. The van der Waals surface area contributed by atoms with Gasteiger partial charge in [0.2, 0.25) is 5.91 Å². The maximum Gasteiger partial charge on any atom is 0.339 e. The largest absolute Gasteiger partial charge is 0.494 e. The standard InChI is InChI=1S/C23H28FNO5S/c1-4-16(2)25(23(26)17-9-7-10-17)15-18-8-5-6-11-21(18)30-31(27,28)19-12-13-22(29-3)20(24)14-19/h5-6,8,11-14,16-17H,4,7,9-10,15H2,1-3H3/t16-/m0/s1. The number of amides is 1. The molecule has 1 aliphatic rings. The molecule has 2 aromatic carbocycles. The van der Waals surface area contributed by atoms with Crippen LogP contribution in [0.1, 0.15) is 45.1 Å². The van der Waals surface area contributed by atoms with Crippen molar-refractivity contribution in [1.82, 2.24) is 4.90 Å². The molecule has 1 aliphatic carbocycles. The average Bonchev–Trinajstić information content (AvgIpc) is 2.70. The summed E-state index contributed by atoms with van der Waals surface area (Å²) >= 11 is 0. The smallest absolute Gasteiger partial charge is 0.339 e. The molecule has 6 nitrogen and oxygen atoms in total. The van der Waals surface area contributed by atoms with E-state index in [0.29, 0.717) is 5.56 Å². The summed E-state index contributed by atoms with van der Waals surface area (Å²) in [5.41, 5.74) is 0.577. The van der Waals surface area contributed by atoms with Crippen LogP contribution >= 0.6 is 0 Å². The molecule has 2 aromatic rings. The van der Waals surface area contributed by atoms with Crippen molar-refractivity contribution in [1.29, 1.82) is 0 Å². The van der Waals surface area contributed by atoms with E-state index in [1.54, 1.807) is 23.1 Å². The van der Waals surface area contributed by atoms with E-state index in [2.05, 4.69) is 0 Å². The summed E-state index contributed by atoms with van der Waals surface area (Å²) in [7, 11) is -2.98. The molecule has 168 valence electrons. The van der Waals surface area contributed by atoms with E-state index in [0.717, 1.165) is 31.7 Å². The first-order chi connectivity index (χ1) is 14.8. The van der Waals surface area contributed by atoms with Gasteiger partial charge in [0.1, 0.15) is 10.6 Å². The number of rotatable bonds is 9. The van der Waals surface area contributed by atoms with Crippen LogP contribution in [-0.2, 0) is 21.5 Å². The fraction of sp³-hybridized carbons (Fsp3) is 0.435. The molecule has 0 radical (unpaired) electrons. The second-order valence-corrected chi connectivity index (χ2v) is 9.34. The number of ether oxygens (including phenoxy) is 1. The summed E-state index contributed by atoms with van der Waals surface area (Å²) in [5.74, 6) is -0.607. The molecule has 1 amide bonds. The maximum absolute atomic E-state index is 14.0. The minimum Gasteiger partial charge on any atom is -0.494 e. The third-order valence-electron chi connectivity index (χ3n) is 5.79. The highest BCUT2D eigenvalue weighted by Gasteiger charge is 2.32. The molecule has 3 rings (SSSR count). The fourth-order valence-electron chi connectivity index (χ4n) is 3.43. The van der Waals surface area contributed by atoms with Crippen molar-refractivity contribution in [2.45, 2.75) is 57.0 Å². The number of hydrogen-bond donors (Lipinski definition) is 0. The third-order valence-corrected chi connectivity index (χ3v) is 7.02. The van der Waals surface area contributed by atoms with Crippen molar-refractivity contribution in [3.63, 3.8) is 0 Å². The second-order valence-electron chi connectivity index (χ2n) is 7.79. The van der Waals surface area contributed by atoms with E-state index in [4.69, 9.17) is 8.92 Å². The number of methoxy groups -OCH3 is 1. The van der Waals surface area contributed by atoms with Gasteiger partial charge >= 0.3 is 10.1 Å². The van der Waals surface area contributed by atoms with E-state index >= 15 is 0 Å². The quantitative estimate of drug-likeness (QED) is 0.526. The van der Waals surface area contributed by atoms with Crippen LogP contribution in [0, 0.1) is 11.7 Å². The third kappa shape index (κ3) is 5.18. The van der Waals surface area contributed by atoms with Gasteiger partial charge in [-0.3, -0.25) is 4.79 Å². The molecule has 0 aromatic heterocycles. The van der Waals surface area contributed by atoms with Crippen molar-refractivity contribution in [3.05, 3.63) is 53.8 Å². The van der Waals surface area contributed by atoms with E-state index < -0.39 is 15.9 Å². The summed E-state index contributed by atoms with van der Waals surface area (Å²) in [6, 6.07) is 10.0. The highest BCUT2D eigenvalue weighted by Crippen LogP contribution is 2.32. The second kappa shape index (κ2) is 9.68. The lowest BCUT2D eigenvalue weighted by molar-refractivity contribution is -0.141. The van der Waals surface area contributed by atoms with Crippen molar-refractivity contribution in [2.75, 3.05) is 7.11 Å². The van der Waals surface area contributed by atoms with E-state index in [1.165, 1.54) is 25.3 Å². The van der Waals surface area contributed by atoms with Crippen LogP contribution in [0.3, 0.4) is 0 Å². The lowest BCUT2D eigenvalue weighted by atomic mass is 9.84. The number of carbonyl (C=O) groups excluding carboxylic acids is 1. The zero-order valence-electron chi connectivity index (χ0n) is 18.0. The van der Waals surface area contributed by atoms with Crippen LogP contribution in [0.25, 0.3) is 0 Å². The van der Waals surface area contributed by atoms with Crippen LogP contribution in [0.15, 0.2) is 47.4 Å². The summed E-state index contributed by atoms with van der Waals surface area (Å²) in [6.07, 6.45) is 3.62. The molecular formula is C23H28FNO5S. The summed E-state index contributed by atoms with van der Waals surface area (Å²) in [5, 5.41) is 0. The van der Waals surface area contributed by atoms with Crippen LogP contribution in [0.4, 0.5) is 4.39 Å². The van der Waals surface area contributed by atoms with Crippen molar-refractivity contribution in [2.24, 2.45) is 5.92 Å². The van der Waals surface area contributed by atoms with Gasteiger partial charge in [0.05, 0.1) is 7.11 Å². The number of carbonyl (C=O) groups is 1. The normalized spacial score (nSPS) is 15.1. The Morgan fingerprint density at radius 3 is 2.48 bits per heavy atom. The Balaban J connectivity index is 1.86. The molecule has 1 atom stereocenters. The van der Waals surface area contributed by atoms with Crippen LogP contribution < -0.4 is 8.92 Å². The highest BCUT2D eigenvalue weighted by molar-refractivity contribution is 7.87. The van der Waals surface area contributed by atoms with Crippen molar-refractivity contribution >= 4 is 16.0 Å². The molecule has 0 saturated heterocycles. The lowest BCUT2D eigenvalue weighted by Crippen LogP contribution is -2.43. The van der Waals surface area contributed by atoms with Gasteiger partial charge in [-0.05, 0) is 50.5 Å². The van der Waals surface area contributed by atoms with E-state index in [1.807, 2.05) is 13.8 Å². The molecule has 1 saturated carbocycles. The number of nitrogens with zero attached hydrogens (tertiary/aromatic N) is 1. The number of benzene rings is 2. The molecule has 0 aliphatic heterocycles. The average molecular weight is 450 g/mol. The predicted octanol–water partition coefficient (Wildman–Crippen LogP) is 4.53. The Kier molecular flexibility index (Phi) is 7.20. The Morgan fingerprint density at radius 2 is 1.90 bits per heavy atom. The Morgan fingerprint density at radius 1 is 1.19 bits per heavy atom. The summed E-state index contributed by atoms with van der Waals surface area (Å²) in [4.78, 5) is 14.4. The molecule has 0 N–H and O–H groups in total. The number of para-hydroxylation sites is 1. The van der Waals surface area contributed by atoms with Crippen LogP contribution in [0.2, 0.25) is 0 Å². The van der Waals surface area contributed by atoms with Gasteiger partial charge in [0.25, 0.3) is 0 Å².